The predicted molar refractivity (Wildman–Crippen MR) is 181 cm³/mol. The standard InChI is InChI=1S/C36H45FN6O6/c1-36(2,3)49-35(47)43-15-12-26(22-43)48-25-10-13-40(14-11-25)23-32(44)41-16-18-42(19-17-41)34(46)29-20-24(8-9-30(29)37)21-31-27-6-4-5-7-28(27)33(45)39-38-31/h4-9,20,25-26H,10-19,21-23H2,1-3H3,(H,39,45)/t26-/m0/s1. The highest BCUT2D eigenvalue weighted by Crippen LogP contribution is 2.23. The van der Waals surface area contributed by atoms with Crippen LogP contribution >= 0.6 is 0 Å². The Labute approximate surface area is 285 Å². The summed E-state index contributed by atoms with van der Waals surface area (Å²) in [4.78, 5) is 58.3. The van der Waals surface area contributed by atoms with Crippen molar-refractivity contribution in [2.75, 3.05) is 58.9 Å². The van der Waals surface area contributed by atoms with Gasteiger partial charge in [0.1, 0.15) is 11.4 Å². The molecule has 12 nitrogen and oxygen atoms in total. The second-order valence-electron chi connectivity index (χ2n) is 14.2. The third-order valence-electron chi connectivity index (χ3n) is 9.40. The lowest BCUT2D eigenvalue weighted by Crippen LogP contribution is -2.53. The quantitative estimate of drug-likeness (QED) is 0.404. The van der Waals surface area contributed by atoms with Gasteiger partial charge in [-0.2, -0.15) is 5.10 Å². The maximum atomic E-state index is 14.9. The van der Waals surface area contributed by atoms with Gasteiger partial charge in [-0.15, -0.1) is 0 Å². The van der Waals surface area contributed by atoms with E-state index in [9.17, 15) is 23.6 Å². The molecule has 1 atom stereocenters. The van der Waals surface area contributed by atoms with Crippen molar-refractivity contribution in [2.45, 2.75) is 64.3 Å². The highest BCUT2D eigenvalue weighted by molar-refractivity contribution is 5.95. The first-order chi connectivity index (χ1) is 23.4. The molecule has 1 N–H and O–H groups in total. The normalized spacial score (nSPS) is 19.4. The number of aromatic nitrogens is 2. The van der Waals surface area contributed by atoms with Crippen LogP contribution in [0.1, 0.15) is 61.6 Å². The molecule has 3 aromatic rings. The second-order valence-corrected chi connectivity index (χ2v) is 14.2. The highest BCUT2D eigenvalue weighted by Gasteiger charge is 2.33. The zero-order chi connectivity index (χ0) is 34.7. The van der Waals surface area contributed by atoms with E-state index in [0.717, 1.165) is 32.4 Å². The summed E-state index contributed by atoms with van der Waals surface area (Å²) >= 11 is 0. The van der Waals surface area contributed by atoms with Gasteiger partial charge in [0, 0.05) is 57.6 Å². The molecule has 0 radical (unpaired) electrons. The maximum Gasteiger partial charge on any atom is 0.410 e. The van der Waals surface area contributed by atoms with Crippen molar-refractivity contribution in [3.8, 4) is 0 Å². The number of nitrogens with one attached hydrogen (secondary N) is 1. The number of piperidine rings is 1. The summed E-state index contributed by atoms with van der Waals surface area (Å²) in [5.74, 6) is -0.999. The number of hydrogen-bond donors (Lipinski definition) is 1. The van der Waals surface area contributed by atoms with E-state index in [1.54, 1.807) is 39.0 Å². The summed E-state index contributed by atoms with van der Waals surface area (Å²) in [7, 11) is 0. The van der Waals surface area contributed by atoms with E-state index in [0.29, 0.717) is 74.3 Å². The number of ether oxygens (including phenoxy) is 2. The van der Waals surface area contributed by atoms with Gasteiger partial charge in [0.05, 0.1) is 41.9 Å². The second kappa shape index (κ2) is 14.6. The molecule has 0 spiro atoms. The van der Waals surface area contributed by atoms with Gasteiger partial charge in [-0.05, 0) is 63.8 Å². The molecular weight excluding hydrogens is 631 g/mol. The lowest BCUT2D eigenvalue weighted by Gasteiger charge is -2.37. The SMILES string of the molecule is CC(C)(C)OC(=O)N1CC[C@H](OC2CCN(CC(=O)N3CCN(C(=O)c4cc(Cc5n[nH]c(=O)c6ccccc56)ccc4F)CC3)CC2)C1. The summed E-state index contributed by atoms with van der Waals surface area (Å²) in [5, 5.41) is 7.95. The number of H-pyrrole nitrogens is 1. The van der Waals surface area contributed by atoms with Gasteiger partial charge in [0.15, 0.2) is 0 Å². The first kappa shape index (κ1) is 34.5. The number of aromatic amines is 1. The van der Waals surface area contributed by atoms with Crippen molar-refractivity contribution >= 4 is 28.7 Å². The molecule has 262 valence electrons. The Bertz CT molecular complexity index is 1740. The van der Waals surface area contributed by atoms with Crippen LogP contribution in [-0.2, 0) is 20.7 Å². The molecule has 3 fully saturated rings. The predicted octanol–water partition coefficient (Wildman–Crippen LogP) is 3.43. The van der Waals surface area contributed by atoms with Crippen molar-refractivity contribution in [3.63, 3.8) is 0 Å². The van der Waals surface area contributed by atoms with Crippen LogP contribution in [-0.4, -0.2) is 124 Å². The minimum Gasteiger partial charge on any atom is -0.444 e. The minimum atomic E-state index is -0.604. The first-order valence-electron chi connectivity index (χ1n) is 17.1. The molecule has 0 saturated carbocycles. The average molecular weight is 677 g/mol. The summed E-state index contributed by atoms with van der Waals surface area (Å²) in [5.41, 5.74) is 0.497. The number of carbonyl (C=O) groups is 3. The number of nitrogens with zero attached hydrogens (tertiary/aromatic N) is 5. The molecule has 2 aromatic carbocycles. The van der Waals surface area contributed by atoms with Crippen LogP contribution in [0.2, 0.25) is 0 Å². The fourth-order valence-corrected chi connectivity index (χ4v) is 6.77. The van der Waals surface area contributed by atoms with Crippen LogP contribution in [0.15, 0.2) is 47.3 Å². The zero-order valence-electron chi connectivity index (χ0n) is 28.5. The van der Waals surface area contributed by atoms with Crippen LogP contribution in [0.5, 0.6) is 0 Å². The number of piperazine rings is 1. The topological polar surface area (TPSA) is 128 Å². The van der Waals surface area contributed by atoms with E-state index in [-0.39, 0.29) is 35.3 Å². The van der Waals surface area contributed by atoms with Gasteiger partial charge in [0.25, 0.3) is 11.5 Å². The van der Waals surface area contributed by atoms with Gasteiger partial charge in [-0.3, -0.25) is 19.3 Å². The molecule has 4 heterocycles. The van der Waals surface area contributed by atoms with Gasteiger partial charge in [-0.25, -0.2) is 14.3 Å². The van der Waals surface area contributed by atoms with Crippen molar-refractivity contribution in [3.05, 3.63) is 75.5 Å². The van der Waals surface area contributed by atoms with E-state index < -0.39 is 17.3 Å². The molecular formula is C36H45FN6O6. The Morgan fingerprint density at radius 2 is 1.55 bits per heavy atom. The molecule has 0 unspecified atom stereocenters. The molecule has 13 heteroatoms. The minimum absolute atomic E-state index is 0.00584. The lowest BCUT2D eigenvalue weighted by molar-refractivity contribution is -0.134. The zero-order valence-corrected chi connectivity index (χ0v) is 28.5. The van der Waals surface area contributed by atoms with Crippen molar-refractivity contribution < 1.29 is 28.2 Å². The summed E-state index contributed by atoms with van der Waals surface area (Å²) in [6.45, 7) is 9.94. The molecule has 1 aromatic heterocycles. The Hall–Kier alpha value is -4.36. The van der Waals surface area contributed by atoms with Gasteiger partial charge in [-0.1, -0.05) is 24.3 Å². The van der Waals surface area contributed by atoms with Crippen LogP contribution < -0.4 is 5.56 Å². The molecule has 49 heavy (non-hydrogen) atoms. The van der Waals surface area contributed by atoms with E-state index >= 15 is 0 Å². The first-order valence-corrected chi connectivity index (χ1v) is 17.1. The lowest BCUT2D eigenvalue weighted by atomic mass is 10.0. The molecule has 3 aliphatic heterocycles. The van der Waals surface area contributed by atoms with E-state index in [4.69, 9.17) is 9.47 Å². The van der Waals surface area contributed by atoms with Gasteiger partial charge in [0.2, 0.25) is 5.91 Å². The smallest absolute Gasteiger partial charge is 0.410 e. The number of rotatable bonds is 7. The number of benzene rings is 2. The molecule has 6 rings (SSSR count). The summed E-state index contributed by atoms with van der Waals surface area (Å²) < 4.78 is 26.7. The van der Waals surface area contributed by atoms with E-state index in [1.165, 1.54) is 6.07 Å². The third kappa shape index (κ3) is 8.45. The summed E-state index contributed by atoms with van der Waals surface area (Å²) in [6, 6.07) is 11.6. The fourth-order valence-electron chi connectivity index (χ4n) is 6.77. The third-order valence-corrected chi connectivity index (χ3v) is 9.40. The number of hydrogen-bond acceptors (Lipinski definition) is 8. The molecule has 0 aliphatic carbocycles. The molecule has 3 saturated heterocycles. The Kier molecular flexibility index (Phi) is 10.3. The number of amides is 3. The Balaban J connectivity index is 0.950. The number of fused-ring (bicyclic) bond motifs is 1. The Morgan fingerprint density at radius 1 is 0.878 bits per heavy atom. The van der Waals surface area contributed by atoms with Crippen LogP contribution in [0.25, 0.3) is 10.8 Å². The molecule has 0 bridgehead atoms. The Morgan fingerprint density at radius 3 is 2.27 bits per heavy atom. The van der Waals surface area contributed by atoms with E-state index in [1.807, 2.05) is 32.9 Å². The van der Waals surface area contributed by atoms with Gasteiger partial charge < -0.3 is 24.2 Å². The van der Waals surface area contributed by atoms with Gasteiger partial charge >= 0.3 is 6.09 Å². The average Bonchev–Trinajstić information content (AvgIpc) is 3.56. The number of likely N-dealkylation sites (tertiary alicyclic amines) is 2. The maximum absolute atomic E-state index is 14.9. The molecule has 3 amide bonds. The van der Waals surface area contributed by atoms with Crippen LogP contribution in [0.3, 0.4) is 0 Å². The van der Waals surface area contributed by atoms with Crippen LogP contribution in [0, 0.1) is 5.82 Å². The van der Waals surface area contributed by atoms with Crippen LogP contribution in [0.4, 0.5) is 9.18 Å². The van der Waals surface area contributed by atoms with Crippen molar-refractivity contribution in [2.24, 2.45) is 0 Å². The largest absolute Gasteiger partial charge is 0.444 e. The van der Waals surface area contributed by atoms with E-state index in [2.05, 4.69) is 15.1 Å². The highest BCUT2D eigenvalue weighted by atomic mass is 19.1. The van der Waals surface area contributed by atoms with Crippen molar-refractivity contribution in [1.82, 2.24) is 29.8 Å². The number of carbonyl (C=O) groups excluding carboxylic acids is 3. The fraction of sp³-hybridized carbons (Fsp3) is 0.528. The molecule has 3 aliphatic rings. The summed E-state index contributed by atoms with van der Waals surface area (Å²) in [6.07, 6.45) is 2.52. The number of halogens is 1. The monoisotopic (exact) mass is 676 g/mol. The van der Waals surface area contributed by atoms with Crippen molar-refractivity contribution in [1.29, 1.82) is 0 Å².